The molecule has 0 aliphatic carbocycles. The number of fused-ring (bicyclic) bond motifs is 2. The fraction of sp³-hybridized carbons (Fsp3) is 0.512. The molecule has 0 spiro atoms. The number of alkyl carbamates (subject to hydrolysis) is 1. The van der Waals surface area contributed by atoms with Crippen LogP contribution in [0.1, 0.15) is 95.7 Å². The predicted molar refractivity (Wildman–Crippen MR) is 204 cm³/mol. The van der Waals surface area contributed by atoms with E-state index in [1.165, 1.54) is 14.2 Å². The molecule has 2 saturated heterocycles. The number of hydrogen-bond acceptors (Lipinski definition) is 8. The minimum atomic E-state index is -0.712. The number of aromatic nitrogens is 4. The van der Waals surface area contributed by atoms with Gasteiger partial charge in [-0.3, -0.25) is 14.4 Å². The number of methoxy groups -OCH3 is 2. The molecule has 54 heavy (non-hydrogen) atoms. The zero-order chi connectivity index (χ0) is 38.8. The van der Waals surface area contributed by atoms with Crippen molar-refractivity contribution in [3.05, 3.63) is 59.2 Å². The van der Waals surface area contributed by atoms with Crippen LogP contribution in [-0.4, -0.2) is 87.0 Å². The molecule has 2 aromatic carbocycles. The maximum absolute atomic E-state index is 13.8. The molecule has 2 aliphatic rings. The van der Waals surface area contributed by atoms with Crippen molar-refractivity contribution in [1.82, 2.24) is 35.1 Å². The Bertz CT molecular complexity index is 1960. The molecule has 0 saturated carbocycles. The number of H-pyrrole nitrogens is 2. The largest absolute Gasteiger partial charge is 0.469 e. The summed E-state index contributed by atoms with van der Waals surface area (Å²) in [5.41, 5.74) is 4.83. The maximum atomic E-state index is 13.8. The van der Waals surface area contributed by atoms with Gasteiger partial charge in [-0.25, -0.2) is 14.8 Å². The van der Waals surface area contributed by atoms with E-state index in [1.54, 1.807) is 0 Å². The number of carbonyl (C=O) groups is 4. The lowest BCUT2D eigenvalue weighted by molar-refractivity contribution is -0.148. The summed E-state index contributed by atoms with van der Waals surface area (Å²) in [6.45, 7) is 13.1. The molecule has 286 valence electrons. The first-order valence-electron chi connectivity index (χ1n) is 18.8. The summed E-state index contributed by atoms with van der Waals surface area (Å²) < 4.78 is 9.66. The molecule has 2 fully saturated rings. The van der Waals surface area contributed by atoms with E-state index in [4.69, 9.17) is 19.4 Å². The number of amides is 3. The Hall–Kier alpha value is -5.38. The molecule has 4 heterocycles. The number of aromatic amines is 2. The SMILES string of the molecule is COC(=O)C[C@H](C(=O)N1C[C@@H](C)C[C@H]1c1nc2ccc(C#Cc3ccc4nc(C5C[C@H](C)CN5C(=O)[C@@H](NC(=O)OC)C(C)C)[nH]c4c3)cc2[nH]1)C(C)C. The van der Waals surface area contributed by atoms with Gasteiger partial charge in [-0.05, 0) is 72.9 Å². The molecule has 3 N–H and O–H groups in total. The van der Waals surface area contributed by atoms with Gasteiger partial charge in [0.25, 0.3) is 0 Å². The average molecular weight is 738 g/mol. The third kappa shape index (κ3) is 8.07. The average Bonchev–Trinajstić information content (AvgIpc) is 3.94. The molecule has 2 aliphatic heterocycles. The van der Waals surface area contributed by atoms with Gasteiger partial charge < -0.3 is 34.6 Å². The summed E-state index contributed by atoms with van der Waals surface area (Å²) in [4.78, 5) is 72.0. The molecular formula is C41H51N7O6. The Morgan fingerprint density at radius 3 is 1.72 bits per heavy atom. The summed E-state index contributed by atoms with van der Waals surface area (Å²) in [7, 11) is 2.63. The van der Waals surface area contributed by atoms with E-state index >= 15 is 0 Å². The monoisotopic (exact) mass is 737 g/mol. The van der Waals surface area contributed by atoms with E-state index in [-0.39, 0.29) is 54.0 Å². The highest BCUT2D eigenvalue weighted by molar-refractivity contribution is 5.87. The highest BCUT2D eigenvalue weighted by Gasteiger charge is 2.41. The van der Waals surface area contributed by atoms with Crippen LogP contribution in [0.2, 0.25) is 0 Å². The van der Waals surface area contributed by atoms with Gasteiger partial charge in [0.05, 0.1) is 60.7 Å². The zero-order valence-corrected chi connectivity index (χ0v) is 32.4. The highest BCUT2D eigenvalue weighted by Crippen LogP contribution is 2.38. The summed E-state index contributed by atoms with van der Waals surface area (Å²) >= 11 is 0. The number of carbonyl (C=O) groups excluding carboxylic acids is 4. The Kier molecular flexibility index (Phi) is 11.3. The van der Waals surface area contributed by atoms with Gasteiger partial charge in [0.2, 0.25) is 11.8 Å². The van der Waals surface area contributed by atoms with Crippen molar-refractivity contribution in [2.75, 3.05) is 27.3 Å². The molecule has 6 rings (SSSR count). The van der Waals surface area contributed by atoms with Crippen molar-refractivity contribution in [2.45, 2.75) is 78.9 Å². The van der Waals surface area contributed by atoms with Gasteiger partial charge in [-0.15, -0.1) is 0 Å². The van der Waals surface area contributed by atoms with Gasteiger partial charge in [0, 0.05) is 24.2 Å². The van der Waals surface area contributed by atoms with E-state index in [2.05, 4.69) is 41.0 Å². The Morgan fingerprint density at radius 1 is 0.778 bits per heavy atom. The summed E-state index contributed by atoms with van der Waals surface area (Å²) in [5.74, 6) is 7.35. The summed E-state index contributed by atoms with van der Waals surface area (Å²) in [6, 6.07) is 10.5. The van der Waals surface area contributed by atoms with Crippen LogP contribution in [0.25, 0.3) is 22.1 Å². The van der Waals surface area contributed by atoms with Crippen LogP contribution in [0.3, 0.4) is 0 Å². The number of imidazole rings is 2. The fourth-order valence-electron chi connectivity index (χ4n) is 7.73. The van der Waals surface area contributed by atoms with Gasteiger partial charge in [-0.1, -0.05) is 53.4 Å². The molecule has 2 aromatic heterocycles. The van der Waals surface area contributed by atoms with Crippen LogP contribution in [-0.2, 0) is 23.9 Å². The standard InChI is InChI=1S/C41H51N7O6/c1-22(2)28(19-35(49)53-7)39(50)47-20-24(5)15-33(47)37-42-29-13-11-26(17-31(29)44-37)9-10-27-12-14-30-32(18-27)45-38(43-30)34-16-25(6)21-48(34)40(51)36(23(3)4)46-41(52)54-8/h11-14,17-18,22-25,28,33-34,36H,15-16,19-21H2,1-8H3,(H,42,44)(H,43,45)(H,46,52)/t24-,25-,28-,33-,34?,36-/m0/s1. The lowest BCUT2D eigenvalue weighted by Gasteiger charge is -2.30. The Labute approximate surface area is 315 Å². The second kappa shape index (κ2) is 15.9. The molecule has 13 heteroatoms. The van der Waals surface area contributed by atoms with Crippen LogP contribution in [0.5, 0.6) is 0 Å². The number of likely N-dealkylation sites (tertiary alicyclic amines) is 2. The van der Waals surface area contributed by atoms with Crippen LogP contribution < -0.4 is 5.32 Å². The fourth-order valence-corrected chi connectivity index (χ4v) is 7.73. The van der Waals surface area contributed by atoms with Gasteiger partial charge >= 0.3 is 12.1 Å². The molecular weight excluding hydrogens is 686 g/mol. The predicted octanol–water partition coefficient (Wildman–Crippen LogP) is 5.87. The van der Waals surface area contributed by atoms with E-state index in [0.29, 0.717) is 24.8 Å². The van der Waals surface area contributed by atoms with E-state index < -0.39 is 18.1 Å². The molecule has 0 radical (unpaired) electrons. The van der Waals surface area contributed by atoms with Crippen molar-refractivity contribution in [3.63, 3.8) is 0 Å². The second-order valence-electron chi connectivity index (χ2n) is 15.6. The number of esters is 1. The number of ether oxygens (including phenoxy) is 2. The third-order valence-corrected chi connectivity index (χ3v) is 10.7. The van der Waals surface area contributed by atoms with Crippen molar-refractivity contribution in [2.24, 2.45) is 29.6 Å². The van der Waals surface area contributed by atoms with Crippen LogP contribution >= 0.6 is 0 Å². The lowest BCUT2D eigenvalue weighted by Crippen LogP contribution is -2.51. The first-order valence-corrected chi connectivity index (χ1v) is 18.8. The first kappa shape index (κ1) is 38.3. The molecule has 6 atom stereocenters. The quantitative estimate of drug-likeness (QED) is 0.142. The zero-order valence-electron chi connectivity index (χ0n) is 32.4. The minimum absolute atomic E-state index is 0.0148. The molecule has 1 unspecified atom stereocenters. The third-order valence-electron chi connectivity index (χ3n) is 10.7. The smallest absolute Gasteiger partial charge is 0.407 e. The van der Waals surface area contributed by atoms with Crippen LogP contribution in [0.4, 0.5) is 4.79 Å². The van der Waals surface area contributed by atoms with Gasteiger partial charge in [-0.2, -0.15) is 0 Å². The van der Waals surface area contributed by atoms with E-state index in [1.807, 2.05) is 73.9 Å². The maximum Gasteiger partial charge on any atom is 0.407 e. The number of nitrogens with zero attached hydrogens (tertiary/aromatic N) is 4. The van der Waals surface area contributed by atoms with Crippen molar-refractivity contribution in [3.8, 4) is 11.8 Å². The second-order valence-corrected chi connectivity index (χ2v) is 15.6. The van der Waals surface area contributed by atoms with Crippen molar-refractivity contribution >= 4 is 45.9 Å². The van der Waals surface area contributed by atoms with Crippen molar-refractivity contribution in [1.29, 1.82) is 0 Å². The molecule has 13 nitrogen and oxygen atoms in total. The molecule has 4 aromatic rings. The Morgan fingerprint density at radius 2 is 1.28 bits per heavy atom. The van der Waals surface area contributed by atoms with Gasteiger partial charge in [0.1, 0.15) is 17.7 Å². The topological polar surface area (TPSA) is 163 Å². The molecule has 0 bridgehead atoms. The summed E-state index contributed by atoms with van der Waals surface area (Å²) in [6.07, 6.45) is 0.946. The summed E-state index contributed by atoms with van der Waals surface area (Å²) in [5, 5.41) is 2.70. The number of benzene rings is 2. The van der Waals surface area contributed by atoms with Crippen molar-refractivity contribution < 1.29 is 28.7 Å². The first-order chi connectivity index (χ1) is 25.8. The number of hydrogen-bond donors (Lipinski definition) is 3. The van der Waals surface area contributed by atoms with Gasteiger partial charge in [0.15, 0.2) is 0 Å². The lowest BCUT2D eigenvalue weighted by atomic mass is 9.91. The number of nitrogens with one attached hydrogen (secondary N) is 3. The molecule has 3 amide bonds. The minimum Gasteiger partial charge on any atom is -0.469 e. The van der Waals surface area contributed by atoms with Crippen LogP contribution in [0, 0.1) is 41.4 Å². The van der Waals surface area contributed by atoms with E-state index in [0.717, 1.165) is 51.9 Å². The normalized spacial score (nSPS) is 21.0. The van der Waals surface area contributed by atoms with Crippen LogP contribution in [0.15, 0.2) is 36.4 Å². The number of rotatable bonds is 9. The highest BCUT2D eigenvalue weighted by atomic mass is 16.5. The van der Waals surface area contributed by atoms with E-state index in [9.17, 15) is 19.2 Å². The Balaban J connectivity index is 1.20.